The average molecular weight is 368 g/mol. The summed E-state index contributed by atoms with van der Waals surface area (Å²) in [6.07, 6.45) is 2.64. The fourth-order valence-corrected chi connectivity index (χ4v) is 2.41. The van der Waals surface area contributed by atoms with E-state index in [1.807, 2.05) is 12.1 Å². The van der Waals surface area contributed by atoms with Gasteiger partial charge < -0.3 is 9.47 Å². The van der Waals surface area contributed by atoms with Crippen LogP contribution >= 0.6 is 23.4 Å². The molecule has 0 unspecified atom stereocenters. The van der Waals surface area contributed by atoms with Gasteiger partial charge in [0, 0.05) is 6.08 Å². The molecular weight excluding hydrogens is 354 g/mol. The summed E-state index contributed by atoms with van der Waals surface area (Å²) < 4.78 is 9.83. The Morgan fingerprint density at radius 2 is 2.12 bits per heavy atom. The van der Waals surface area contributed by atoms with Crippen LogP contribution in [0, 0.1) is 0 Å². The summed E-state index contributed by atoms with van der Waals surface area (Å²) in [5.74, 6) is 0.126. The smallest absolute Gasteiger partial charge is 0.331 e. The standard InChI is InChI=1S/C15H14ClN3O4S/c1-22-13(20)8-12-14(21)18-15(24-12)19-17-9-10-2-4-11(5-3-10)23-7-6-16/h2-5,8-9H,6-7H2,1H3,(H,18,19,21)/b12-8+,17-9?. The maximum absolute atomic E-state index is 11.6. The number of halogens is 1. The number of carbonyl (C=O) groups excluding carboxylic acids is 2. The minimum Gasteiger partial charge on any atom is -0.492 e. The van der Waals surface area contributed by atoms with Gasteiger partial charge in [0.1, 0.15) is 12.4 Å². The van der Waals surface area contributed by atoms with Crippen LogP contribution in [0.2, 0.25) is 0 Å². The molecule has 0 spiro atoms. The van der Waals surface area contributed by atoms with Gasteiger partial charge in [-0.3, -0.25) is 10.1 Å². The third-order valence-electron chi connectivity index (χ3n) is 2.68. The highest BCUT2D eigenvalue weighted by Crippen LogP contribution is 2.23. The van der Waals surface area contributed by atoms with Crippen LogP contribution in [0.15, 0.2) is 45.4 Å². The summed E-state index contributed by atoms with van der Waals surface area (Å²) in [6.45, 7) is 0.445. The van der Waals surface area contributed by atoms with Crippen LogP contribution < -0.4 is 10.1 Å². The van der Waals surface area contributed by atoms with Gasteiger partial charge in [-0.25, -0.2) is 4.79 Å². The van der Waals surface area contributed by atoms with Crippen LogP contribution in [0.4, 0.5) is 0 Å². The third kappa shape index (κ3) is 5.39. The number of carbonyl (C=O) groups is 2. The molecule has 1 saturated heterocycles. The van der Waals surface area contributed by atoms with E-state index in [0.29, 0.717) is 12.5 Å². The molecule has 1 amide bonds. The fourth-order valence-electron chi connectivity index (χ4n) is 1.60. The molecule has 0 saturated carbocycles. The van der Waals surface area contributed by atoms with Gasteiger partial charge in [-0.2, -0.15) is 5.10 Å². The Bertz CT molecular complexity index is 701. The summed E-state index contributed by atoms with van der Waals surface area (Å²) in [6, 6.07) is 7.22. The number of alkyl halides is 1. The first kappa shape index (κ1) is 18.0. The van der Waals surface area contributed by atoms with Crippen LogP contribution in [-0.2, 0) is 14.3 Å². The van der Waals surface area contributed by atoms with Gasteiger partial charge in [0.25, 0.3) is 5.91 Å². The molecule has 1 aliphatic rings. The van der Waals surface area contributed by atoms with Gasteiger partial charge in [0.15, 0.2) is 5.17 Å². The number of hydrogen-bond donors (Lipinski definition) is 1. The van der Waals surface area contributed by atoms with E-state index in [-0.39, 0.29) is 10.1 Å². The largest absolute Gasteiger partial charge is 0.492 e. The highest BCUT2D eigenvalue weighted by molar-refractivity contribution is 8.18. The molecule has 0 aromatic heterocycles. The Morgan fingerprint density at radius 3 is 2.79 bits per heavy atom. The van der Waals surface area contributed by atoms with Gasteiger partial charge >= 0.3 is 5.97 Å². The van der Waals surface area contributed by atoms with E-state index in [0.717, 1.165) is 29.2 Å². The number of amidine groups is 1. The highest BCUT2D eigenvalue weighted by Gasteiger charge is 2.24. The lowest BCUT2D eigenvalue weighted by Gasteiger charge is -2.02. The van der Waals surface area contributed by atoms with E-state index in [4.69, 9.17) is 16.3 Å². The van der Waals surface area contributed by atoms with Crippen LogP contribution in [0.1, 0.15) is 5.56 Å². The average Bonchev–Trinajstić information content (AvgIpc) is 2.93. The first-order chi connectivity index (χ1) is 11.6. The van der Waals surface area contributed by atoms with E-state index in [1.165, 1.54) is 13.3 Å². The highest BCUT2D eigenvalue weighted by atomic mass is 35.5. The third-order valence-corrected chi connectivity index (χ3v) is 3.74. The number of methoxy groups -OCH3 is 1. The number of amides is 1. The number of thioether (sulfide) groups is 1. The zero-order valence-electron chi connectivity index (χ0n) is 12.7. The van der Waals surface area contributed by atoms with Crippen molar-refractivity contribution in [1.29, 1.82) is 0 Å². The summed E-state index contributed by atoms with van der Waals surface area (Å²) in [7, 11) is 1.24. The van der Waals surface area contributed by atoms with Crippen LogP contribution in [0.3, 0.4) is 0 Å². The lowest BCUT2D eigenvalue weighted by molar-refractivity contribution is -0.135. The predicted molar refractivity (Wildman–Crippen MR) is 93.5 cm³/mol. The minimum absolute atomic E-state index is 0.205. The van der Waals surface area contributed by atoms with Crippen LogP contribution in [0.25, 0.3) is 0 Å². The summed E-state index contributed by atoms with van der Waals surface area (Å²) >= 11 is 6.56. The van der Waals surface area contributed by atoms with Crippen molar-refractivity contribution in [2.75, 3.05) is 19.6 Å². The van der Waals surface area contributed by atoms with Crippen molar-refractivity contribution in [3.8, 4) is 5.75 Å². The van der Waals surface area contributed by atoms with Gasteiger partial charge in [0.2, 0.25) is 0 Å². The molecule has 1 aliphatic heterocycles. The molecule has 24 heavy (non-hydrogen) atoms. The van der Waals surface area contributed by atoms with Gasteiger partial charge in [-0.15, -0.1) is 16.7 Å². The van der Waals surface area contributed by atoms with Crippen LogP contribution in [0.5, 0.6) is 5.75 Å². The molecule has 1 fully saturated rings. The maximum atomic E-state index is 11.6. The second kappa shape index (κ2) is 9.09. The second-order valence-electron chi connectivity index (χ2n) is 4.34. The van der Waals surface area contributed by atoms with E-state index >= 15 is 0 Å². The van der Waals surface area contributed by atoms with Crippen molar-refractivity contribution in [3.05, 3.63) is 40.8 Å². The van der Waals surface area contributed by atoms with Crippen molar-refractivity contribution >= 4 is 46.6 Å². The van der Waals surface area contributed by atoms with E-state index in [1.54, 1.807) is 12.1 Å². The van der Waals surface area contributed by atoms with Gasteiger partial charge in [-0.1, -0.05) is 0 Å². The number of nitrogens with one attached hydrogen (secondary N) is 1. The normalized spacial score (nSPS) is 17.5. The topological polar surface area (TPSA) is 89.3 Å². The lowest BCUT2D eigenvalue weighted by Crippen LogP contribution is -2.19. The van der Waals surface area contributed by atoms with Gasteiger partial charge in [-0.05, 0) is 41.6 Å². The van der Waals surface area contributed by atoms with Gasteiger partial charge in [0.05, 0.1) is 24.1 Å². The molecule has 0 radical (unpaired) electrons. The molecule has 0 bridgehead atoms. The Morgan fingerprint density at radius 1 is 1.38 bits per heavy atom. The summed E-state index contributed by atoms with van der Waals surface area (Å²) in [5.41, 5.74) is 0.817. The number of rotatable bonds is 6. The number of esters is 1. The number of hydrogen-bond acceptors (Lipinski definition) is 7. The Hall–Kier alpha value is -2.32. The molecule has 1 aromatic rings. The van der Waals surface area contributed by atoms with Crippen molar-refractivity contribution in [3.63, 3.8) is 0 Å². The zero-order valence-corrected chi connectivity index (χ0v) is 14.3. The molecule has 126 valence electrons. The van der Waals surface area contributed by atoms with Crippen molar-refractivity contribution in [2.45, 2.75) is 0 Å². The van der Waals surface area contributed by atoms with Crippen molar-refractivity contribution in [1.82, 2.24) is 5.32 Å². The quantitative estimate of drug-likeness (QED) is 0.273. The lowest BCUT2D eigenvalue weighted by atomic mass is 10.2. The molecule has 9 heteroatoms. The molecule has 0 atom stereocenters. The molecule has 0 aliphatic carbocycles. The fraction of sp³-hybridized carbons (Fsp3) is 0.200. The molecular formula is C15H14ClN3O4S. The summed E-state index contributed by atoms with van der Waals surface area (Å²) in [4.78, 5) is 23.0. The van der Waals surface area contributed by atoms with E-state index in [2.05, 4.69) is 20.3 Å². The molecule has 1 heterocycles. The molecule has 1 aromatic carbocycles. The first-order valence-electron chi connectivity index (χ1n) is 6.81. The predicted octanol–water partition coefficient (Wildman–Crippen LogP) is 1.91. The Kier molecular flexibility index (Phi) is 6.83. The van der Waals surface area contributed by atoms with E-state index in [9.17, 15) is 9.59 Å². The molecule has 7 nitrogen and oxygen atoms in total. The monoisotopic (exact) mass is 367 g/mol. The maximum Gasteiger partial charge on any atom is 0.331 e. The zero-order chi connectivity index (χ0) is 17.4. The van der Waals surface area contributed by atoms with Crippen molar-refractivity contribution < 1.29 is 19.1 Å². The minimum atomic E-state index is -0.603. The number of benzene rings is 1. The van der Waals surface area contributed by atoms with Crippen LogP contribution in [-0.4, -0.2) is 42.9 Å². The molecule has 2 rings (SSSR count). The van der Waals surface area contributed by atoms with Crippen molar-refractivity contribution in [2.24, 2.45) is 10.2 Å². The van der Waals surface area contributed by atoms with E-state index < -0.39 is 11.9 Å². The molecule has 1 N–H and O–H groups in total. The SMILES string of the molecule is COC(=O)/C=C1/S/C(=N\N=Cc2ccc(OCCCl)cc2)NC1=O. The summed E-state index contributed by atoms with van der Waals surface area (Å²) in [5, 5.41) is 10.6. The number of ether oxygens (including phenoxy) is 2. The second-order valence-corrected chi connectivity index (χ2v) is 5.75. The number of nitrogens with zero attached hydrogens (tertiary/aromatic N) is 2. The Labute approximate surface area is 147 Å². The Balaban J connectivity index is 1.95. The first-order valence-corrected chi connectivity index (χ1v) is 8.16.